The summed E-state index contributed by atoms with van der Waals surface area (Å²) in [6.07, 6.45) is 7.73. The van der Waals surface area contributed by atoms with E-state index in [4.69, 9.17) is 16.6 Å². The molecule has 3 nitrogen and oxygen atoms in total. The molecule has 1 heterocycles. The third-order valence-corrected chi connectivity index (χ3v) is 5.31. The van der Waals surface area contributed by atoms with Crippen molar-refractivity contribution in [2.45, 2.75) is 38.1 Å². The summed E-state index contributed by atoms with van der Waals surface area (Å²) in [7, 11) is 1.83. The Morgan fingerprint density at radius 2 is 2.16 bits per heavy atom. The van der Waals surface area contributed by atoms with Crippen LogP contribution in [0.25, 0.3) is 16.3 Å². The highest BCUT2D eigenvalue weighted by molar-refractivity contribution is 6.27. The number of rotatable bonds is 4. The Hall–Kier alpha value is -2.13. The number of benzene rings is 1. The predicted molar refractivity (Wildman–Crippen MR) is 105 cm³/mol. The topological polar surface area (TPSA) is 33.2 Å². The van der Waals surface area contributed by atoms with Gasteiger partial charge in [0, 0.05) is 18.5 Å². The molecule has 0 bridgehead atoms. The number of carbonyl (C=O) groups is 1. The molecule has 0 saturated heterocycles. The minimum atomic E-state index is -0.126. The summed E-state index contributed by atoms with van der Waals surface area (Å²) in [6.45, 7) is 4.12. The Labute approximate surface area is 154 Å². The molecule has 130 valence electrons. The van der Waals surface area contributed by atoms with Crippen molar-refractivity contribution in [2.75, 3.05) is 7.05 Å². The van der Waals surface area contributed by atoms with E-state index in [1.54, 1.807) is 4.90 Å². The smallest absolute Gasteiger partial charge is 0.272 e. The lowest BCUT2D eigenvalue weighted by molar-refractivity contribution is 0.0735. The van der Waals surface area contributed by atoms with Gasteiger partial charge in [0.1, 0.15) is 5.69 Å². The molecule has 0 saturated carbocycles. The Morgan fingerprint density at radius 3 is 2.88 bits per heavy atom. The van der Waals surface area contributed by atoms with Gasteiger partial charge in [-0.2, -0.15) is 0 Å². The average molecular weight is 355 g/mol. The highest BCUT2D eigenvalue weighted by atomic mass is 35.5. The van der Waals surface area contributed by atoms with Crippen LogP contribution in [-0.2, 0) is 0 Å². The molecule has 0 aliphatic heterocycles. The molecule has 1 aromatic heterocycles. The number of allylic oxidation sites excluding steroid dienone is 4. The van der Waals surface area contributed by atoms with Gasteiger partial charge in [0.15, 0.2) is 0 Å². The highest BCUT2D eigenvalue weighted by Crippen LogP contribution is 2.32. The van der Waals surface area contributed by atoms with Crippen molar-refractivity contribution in [2.24, 2.45) is 0 Å². The van der Waals surface area contributed by atoms with E-state index in [9.17, 15) is 4.79 Å². The number of halogens is 1. The van der Waals surface area contributed by atoms with Gasteiger partial charge in [-0.1, -0.05) is 49.4 Å². The number of amides is 1. The molecule has 0 radical (unpaired) electrons. The molecular formula is C21H23ClN2O. The highest BCUT2D eigenvalue weighted by Gasteiger charge is 2.22. The number of hydrogen-bond donors (Lipinski definition) is 0. The standard InChI is InChI=1S/C21H23ClN2O/c1-4-14(2)24(3)21(25)19-13-15-9-5-6-10-16(15)20(23-19)17-11-7-8-12-18(17)22/h5-11,13-14,18H,4,12H2,1-3H3. The Morgan fingerprint density at radius 1 is 1.40 bits per heavy atom. The zero-order chi connectivity index (χ0) is 18.0. The van der Waals surface area contributed by atoms with Crippen molar-refractivity contribution >= 4 is 33.9 Å². The van der Waals surface area contributed by atoms with Crippen LogP contribution in [0.2, 0.25) is 0 Å². The first-order valence-corrected chi connectivity index (χ1v) is 9.14. The monoisotopic (exact) mass is 354 g/mol. The lowest BCUT2D eigenvalue weighted by Crippen LogP contribution is -2.35. The maximum atomic E-state index is 12.9. The van der Waals surface area contributed by atoms with Crippen LogP contribution in [0.15, 0.2) is 48.6 Å². The number of pyridine rings is 1. The number of nitrogens with zero attached hydrogens (tertiary/aromatic N) is 2. The molecule has 1 aromatic carbocycles. The van der Waals surface area contributed by atoms with Gasteiger partial charge < -0.3 is 4.90 Å². The number of fused-ring (bicyclic) bond motifs is 1. The van der Waals surface area contributed by atoms with Gasteiger partial charge in [0.2, 0.25) is 0 Å². The van der Waals surface area contributed by atoms with Crippen LogP contribution in [0.1, 0.15) is 42.9 Å². The van der Waals surface area contributed by atoms with Gasteiger partial charge in [-0.15, -0.1) is 11.6 Å². The van der Waals surface area contributed by atoms with Gasteiger partial charge in [0.05, 0.1) is 11.1 Å². The molecule has 25 heavy (non-hydrogen) atoms. The van der Waals surface area contributed by atoms with E-state index in [1.165, 1.54) is 0 Å². The molecule has 1 aliphatic carbocycles. The first-order chi connectivity index (χ1) is 12.0. The fraction of sp³-hybridized carbons (Fsp3) is 0.333. The zero-order valence-electron chi connectivity index (χ0n) is 14.9. The van der Waals surface area contributed by atoms with Gasteiger partial charge >= 0.3 is 0 Å². The van der Waals surface area contributed by atoms with E-state index < -0.39 is 0 Å². The van der Waals surface area contributed by atoms with Crippen molar-refractivity contribution in [1.29, 1.82) is 0 Å². The Balaban J connectivity index is 2.15. The summed E-state index contributed by atoms with van der Waals surface area (Å²) in [5, 5.41) is 1.91. The molecular weight excluding hydrogens is 332 g/mol. The average Bonchev–Trinajstić information content (AvgIpc) is 2.65. The molecule has 3 rings (SSSR count). The van der Waals surface area contributed by atoms with Crippen LogP contribution in [0.3, 0.4) is 0 Å². The van der Waals surface area contributed by atoms with E-state index in [1.807, 2.05) is 56.5 Å². The molecule has 0 fully saturated rings. The summed E-state index contributed by atoms with van der Waals surface area (Å²) in [5.41, 5.74) is 2.25. The van der Waals surface area contributed by atoms with Crippen LogP contribution in [-0.4, -0.2) is 34.3 Å². The molecule has 2 aromatic rings. The second kappa shape index (κ2) is 7.40. The van der Waals surface area contributed by atoms with Gasteiger partial charge in [-0.3, -0.25) is 4.79 Å². The fourth-order valence-electron chi connectivity index (χ4n) is 3.01. The normalized spacial score (nSPS) is 18.1. The van der Waals surface area contributed by atoms with E-state index >= 15 is 0 Å². The molecule has 1 amide bonds. The van der Waals surface area contributed by atoms with Crippen molar-refractivity contribution in [3.05, 3.63) is 59.9 Å². The summed E-state index contributed by atoms with van der Waals surface area (Å²) in [4.78, 5) is 19.4. The fourth-order valence-corrected chi connectivity index (χ4v) is 3.29. The third-order valence-electron chi connectivity index (χ3n) is 4.90. The van der Waals surface area contributed by atoms with Gasteiger partial charge in [0.25, 0.3) is 5.91 Å². The summed E-state index contributed by atoms with van der Waals surface area (Å²) in [5.74, 6) is -0.0561. The predicted octanol–water partition coefficient (Wildman–Crippen LogP) is 5.06. The molecule has 2 atom stereocenters. The number of hydrogen-bond acceptors (Lipinski definition) is 2. The van der Waals surface area contributed by atoms with E-state index in [0.29, 0.717) is 5.69 Å². The summed E-state index contributed by atoms with van der Waals surface area (Å²) >= 11 is 6.53. The van der Waals surface area contributed by atoms with Crippen molar-refractivity contribution in [3.8, 4) is 0 Å². The SMILES string of the molecule is CCC(C)N(C)C(=O)c1cc2ccccc2c(C2=CC=CCC2Cl)n1. The minimum Gasteiger partial charge on any atom is -0.338 e. The van der Waals surface area contributed by atoms with Crippen molar-refractivity contribution in [3.63, 3.8) is 0 Å². The first kappa shape index (κ1) is 17.7. The zero-order valence-corrected chi connectivity index (χ0v) is 15.6. The molecule has 2 unspecified atom stereocenters. The molecule has 0 spiro atoms. The minimum absolute atomic E-state index is 0.0561. The lowest BCUT2D eigenvalue weighted by atomic mass is 9.96. The maximum Gasteiger partial charge on any atom is 0.272 e. The second-order valence-electron chi connectivity index (χ2n) is 6.50. The largest absolute Gasteiger partial charge is 0.338 e. The third kappa shape index (κ3) is 3.47. The number of aromatic nitrogens is 1. The number of carbonyl (C=O) groups excluding carboxylic acids is 1. The lowest BCUT2D eigenvalue weighted by Gasteiger charge is -2.24. The summed E-state index contributed by atoms with van der Waals surface area (Å²) < 4.78 is 0. The van der Waals surface area contributed by atoms with E-state index in [-0.39, 0.29) is 17.3 Å². The van der Waals surface area contributed by atoms with Crippen molar-refractivity contribution in [1.82, 2.24) is 9.88 Å². The number of alkyl halides is 1. The Bertz CT molecular complexity index is 856. The van der Waals surface area contributed by atoms with Crippen LogP contribution in [0.4, 0.5) is 0 Å². The first-order valence-electron chi connectivity index (χ1n) is 8.71. The molecule has 1 aliphatic rings. The van der Waals surface area contributed by atoms with E-state index in [2.05, 4.69) is 13.0 Å². The second-order valence-corrected chi connectivity index (χ2v) is 7.03. The van der Waals surface area contributed by atoms with Crippen LogP contribution < -0.4 is 0 Å². The van der Waals surface area contributed by atoms with E-state index in [0.717, 1.165) is 34.9 Å². The van der Waals surface area contributed by atoms with Gasteiger partial charge in [-0.25, -0.2) is 4.98 Å². The van der Waals surface area contributed by atoms with Crippen molar-refractivity contribution < 1.29 is 4.79 Å². The Kier molecular flexibility index (Phi) is 5.24. The van der Waals surface area contributed by atoms with Crippen LogP contribution >= 0.6 is 11.6 Å². The molecule has 0 N–H and O–H groups in total. The van der Waals surface area contributed by atoms with Crippen LogP contribution in [0, 0.1) is 0 Å². The molecule has 4 heteroatoms. The summed E-state index contributed by atoms with van der Waals surface area (Å²) in [6, 6.07) is 10.1. The van der Waals surface area contributed by atoms with Crippen LogP contribution in [0.5, 0.6) is 0 Å². The van der Waals surface area contributed by atoms with Gasteiger partial charge in [-0.05, 0) is 36.8 Å². The quantitative estimate of drug-likeness (QED) is 0.719. The maximum absolute atomic E-state index is 12.9.